The summed E-state index contributed by atoms with van der Waals surface area (Å²) in [6.45, 7) is 8.21. The van der Waals surface area contributed by atoms with Gasteiger partial charge in [0.25, 0.3) is 0 Å². The molecule has 1 aromatic carbocycles. The molecule has 1 aliphatic heterocycles. The minimum absolute atomic E-state index is 0.0403. The van der Waals surface area contributed by atoms with Gasteiger partial charge in [0.05, 0.1) is 6.04 Å². The maximum absolute atomic E-state index is 12.0. The summed E-state index contributed by atoms with van der Waals surface area (Å²) in [7, 11) is 0. The molecule has 1 atom stereocenters. The molecule has 2 heteroatoms. The van der Waals surface area contributed by atoms with Crippen LogP contribution in [0.25, 0.3) is 0 Å². The fraction of sp³-hybridized carbons (Fsp3) is 0.588. The predicted octanol–water partition coefficient (Wildman–Crippen LogP) is 3.93. The first-order valence-electron chi connectivity index (χ1n) is 7.44. The Hall–Kier alpha value is -1.15. The molecular formula is C17H25NO. The van der Waals surface area contributed by atoms with Crippen molar-refractivity contribution in [2.75, 3.05) is 13.1 Å². The summed E-state index contributed by atoms with van der Waals surface area (Å²) >= 11 is 0. The lowest BCUT2D eigenvalue weighted by atomic mass is 9.95. The molecule has 104 valence electrons. The Labute approximate surface area is 116 Å². The second-order valence-electron chi connectivity index (χ2n) is 5.93. The summed E-state index contributed by atoms with van der Waals surface area (Å²) in [5.41, 5.74) is 2.49. The van der Waals surface area contributed by atoms with Crippen molar-refractivity contribution in [1.82, 2.24) is 4.90 Å². The molecule has 19 heavy (non-hydrogen) atoms. The number of carbonyl (C=O) groups is 1. The lowest BCUT2D eigenvalue weighted by Crippen LogP contribution is -2.37. The largest absolute Gasteiger partial charge is 0.298 e. The molecule has 0 radical (unpaired) electrons. The summed E-state index contributed by atoms with van der Waals surface area (Å²) < 4.78 is 0. The van der Waals surface area contributed by atoms with Crippen LogP contribution in [-0.4, -0.2) is 23.8 Å². The van der Waals surface area contributed by atoms with E-state index in [1.807, 2.05) is 0 Å². The van der Waals surface area contributed by atoms with Gasteiger partial charge >= 0.3 is 0 Å². The van der Waals surface area contributed by atoms with E-state index in [2.05, 4.69) is 43.0 Å². The van der Waals surface area contributed by atoms with Crippen LogP contribution in [0.5, 0.6) is 0 Å². The Morgan fingerprint density at radius 1 is 1.00 bits per heavy atom. The molecule has 1 unspecified atom stereocenters. The number of nitrogens with zero attached hydrogens (tertiary/aromatic N) is 1. The number of rotatable bonds is 4. The first kappa shape index (κ1) is 14.3. The van der Waals surface area contributed by atoms with Crippen molar-refractivity contribution in [2.24, 2.45) is 0 Å². The van der Waals surface area contributed by atoms with Gasteiger partial charge in [0.1, 0.15) is 0 Å². The number of piperidine rings is 1. The van der Waals surface area contributed by atoms with Gasteiger partial charge < -0.3 is 0 Å². The summed E-state index contributed by atoms with van der Waals surface area (Å²) in [5, 5.41) is 0. The summed E-state index contributed by atoms with van der Waals surface area (Å²) in [6.07, 6.45) is 3.73. The zero-order chi connectivity index (χ0) is 13.8. The van der Waals surface area contributed by atoms with Gasteiger partial charge in [-0.2, -0.15) is 0 Å². The van der Waals surface area contributed by atoms with Crippen LogP contribution in [0.1, 0.15) is 63.1 Å². The number of hydrogen-bond acceptors (Lipinski definition) is 2. The standard InChI is InChI=1S/C17H25NO/c1-13(2)15-7-9-16(10-8-15)17(14(3)19)18-11-5-4-6-12-18/h7-10,13,17H,4-6,11-12H2,1-3H3. The summed E-state index contributed by atoms with van der Waals surface area (Å²) in [6, 6.07) is 8.56. The minimum atomic E-state index is -0.0403. The third-order valence-corrected chi connectivity index (χ3v) is 4.06. The topological polar surface area (TPSA) is 20.3 Å². The second-order valence-corrected chi connectivity index (χ2v) is 5.93. The van der Waals surface area contributed by atoms with Crippen molar-refractivity contribution in [3.63, 3.8) is 0 Å². The molecule has 2 nitrogen and oxygen atoms in total. The Bertz CT molecular complexity index is 415. The first-order valence-corrected chi connectivity index (χ1v) is 7.44. The minimum Gasteiger partial charge on any atom is -0.298 e. The van der Waals surface area contributed by atoms with E-state index in [1.54, 1.807) is 6.92 Å². The third kappa shape index (κ3) is 3.44. The van der Waals surface area contributed by atoms with Crippen LogP contribution < -0.4 is 0 Å². The van der Waals surface area contributed by atoms with E-state index in [0.717, 1.165) is 18.7 Å². The molecule has 0 bridgehead atoms. The van der Waals surface area contributed by atoms with Crippen LogP contribution in [0.15, 0.2) is 24.3 Å². The smallest absolute Gasteiger partial charge is 0.151 e. The predicted molar refractivity (Wildman–Crippen MR) is 79.4 cm³/mol. The highest BCUT2D eigenvalue weighted by atomic mass is 16.1. The summed E-state index contributed by atoms with van der Waals surface area (Å²) in [4.78, 5) is 14.4. The number of hydrogen-bond donors (Lipinski definition) is 0. The van der Waals surface area contributed by atoms with E-state index in [0.29, 0.717) is 5.92 Å². The average Bonchev–Trinajstić information content (AvgIpc) is 2.40. The quantitative estimate of drug-likeness (QED) is 0.816. The molecule has 0 aliphatic carbocycles. The molecular weight excluding hydrogens is 234 g/mol. The number of ketones is 1. The maximum atomic E-state index is 12.0. The molecule has 1 aromatic rings. The first-order chi connectivity index (χ1) is 9.09. The second kappa shape index (κ2) is 6.33. The van der Waals surface area contributed by atoms with Gasteiger partial charge in [-0.15, -0.1) is 0 Å². The monoisotopic (exact) mass is 259 g/mol. The van der Waals surface area contributed by atoms with E-state index in [-0.39, 0.29) is 11.8 Å². The molecule has 1 aliphatic rings. The number of Topliss-reactive ketones (excluding diaryl/α,β-unsaturated/α-hetero) is 1. The van der Waals surface area contributed by atoms with Crippen LogP contribution in [0.3, 0.4) is 0 Å². The normalized spacial score (nSPS) is 18.5. The van der Waals surface area contributed by atoms with Gasteiger partial charge in [-0.05, 0) is 49.9 Å². The highest BCUT2D eigenvalue weighted by molar-refractivity contribution is 5.83. The van der Waals surface area contributed by atoms with Crippen molar-refractivity contribution in [3.8, 4) is 0 Å². The average molecular weight is 259 g/mol. The Balaban J connectivity index is 2.20. The van der Waals surface area contributed by atoms with Gasteiger partial charge in [0, 0.05) is 0 Å². The zero-order valence-electron chi connectivity index (χ0n) is 12.4. The highest BCUT2D eigenvalue weighted by Gasteiger charge is 2.25. The zero-order valence-corrected chi connectivity index (χ0v) is 12.4. The maximum Gasteiger partial charge on any atom is 0.151 e. The third-order valence-electron chi connectivity index (χ3n) is 4.06. The van der Waals surface area contributed by atoms with Crippen molar-refractivity contribution < 1.29 is 4.79 Å². The van der Waals surface area contributed by atoms with E-state index >= 15 is 0 Å². The van der Waals surface area contributed by atoms with Crippen LogP contribution in [-0.2, 0) is 4.79 Å². The highest BCUT2D eigenvalue weighted by Crippen LogP contribution is 2.26. The molecule has 0 spiro atoms. The van der Waals surface area contributed by atoms with Crippen LogP contribution >= 0.6 is 0 Å². The van der Waals surface area contributed by atoms with Gasteiger partial charge in [0.2, 0.25) is 0 Å². The van der Waals surface area contributed by atoms with Crippen molar-refractivity contribution in [2.45, 2.75) is 52.0 Å². The van der Waals surface area contributed by atoms with Crippen molar-refractivity contribution in [1.29, 1.82) is 0 Å². The number of carbonyl (C=O) groups excluding carboxylic acids is 1. The molecule has 2 rings (SSSR count). The van der Waals surface area contributed by atoms with E-state index in [4.69, 9.17) is 0 Å². The fourth-order valence-electron chi connectivity index (χ4n) is 2.94. The van der Waals surface area contributed by atoms with Crippen LogP contribution in [0, 0.1) is 0 Å². The molecule has 0 aromatic heterocycles. The molecule has 0 amide bonds. The SMILES string of the molecule is CC(=O)C(c1ccc(C(C)C)cc1)N1CCCCC1. The Kier molecular flexibility index (Phi) is 4.76. The van der Waals surface area contributed by atoms with Crippen LogP contribution in [0.2, 0.25) is 0 Å². The molecule has 1 saturated heterocycles. The number of likely N-dealkylation sites (tertiary alicyclic amines) is 1. The van der Waals surface area contributed by atoms with E-state index < -0.39 is 0 Å². The van der Waals surface area contributed by atoms with E-state index in [1.165, 1.54) is 24.8 Å². The fourth-order valence-corrected chi connectivity index (χ4v) is 2.94. The Morgan fingerprint density at radius 3 is 2.00 bits per heavy atom. The molecule has 0 saturated carbocycles. The van der Waals surface area contributed by atoms with Gasteiger partial charge in [0.15, 0.2) is 5.78 Å². The van der Waals surface area contributed by atoms with Gasteiger partial charge in [-0.1, -0.05) is 44.5 Å². The molecule has 1 fully saturated rings. The lowest BCUT2D eigenvalue weighted by Gasteiger charge is -2.33. The van der Waals surface area contributed by atoms with Crippen LogP contribution in [0.4, 0.5) is 0 Å². The van der Waals surface area contributed by atoms with Gasteiger partial charge in [-0.25, -0.2) is 0 Å². The van der Waals surface area contributed by atoms with E-state index in [9.17, 15) is 4.79 Å². The number of benzene rings is 1. The van der Waals surface area contributed by atoms with Gasteiger partial charge in [-0.3, -0.25) is 9.69 Å². The lowest BCUT2D eigenvalue weighted by molar-refractivity contribution is -0.122. The Morgan fingerprint density at radius 2 is 1.53 bits per heavy atom. The molecule has 1 heterocycles. The molecule has 0 N–H and O–H groups in total. The summed E-state index contributed by atoms with van der Waals surface area (Å²) in [5.74, 6) is 0.805. The van der Waals surface area contributed by atoms with Crippen molar-refractivity contribution in [3.05, 3.63) is 35.4 Å². The van der Waals surface area contributed by atoms with Crippen molar-refractivity contribution >= 4 is 5.78 Å².